The molecule has 1 heterocycles. The molecule has 1 aliphatic heterocycles. The molecule has 1 aliphatic rings. The maximum Gasteiger partial charge on any atom is 0.189 e. The monoisotopic (exact) mass is 365 g/mol. The summed E-state index contributed by atoms with van der Waals surface area (Å²) in [5.41, 5.74) is 0. The van der Waals surface area contributed by atoms with Crippen LogP contribution in [-0.4, -0.2) is 41.3 Å². The average molecular weight is 366 g/mol. The van der Waals surface area contributed by atoms with Crippen LogP contribution in [0.15, 0.2) is 17.1 Å². The van der Waals surface area contributed by atoms with Crippen molar-refractivity contribution >= 4 is 6.21 Å². The molecule has 0 spiro atoms. The van der Waals surface area contributed by atoms with Gasteiger partial charge in [-0.1, -0.05) is 76.9 Å². The average Bonchev–Trinajstić information content (AvgIpc) is 3.06. The lowest BCUT2D eigenvalue weighted by Gasteiger charge is -2.40. The minimum absolute atomic E-state index is 0.238. The van der Waals surface area contributed by atoms with Gasteiger partial charge in [0.25, 0.3) is 0 Å². The van der Waals surface area contributed by atoms with Crippen LogP contribution in [0.4, 0.5) is 0 Å². The van der Waals surface area contributed by atoms with Gasteiger partial charge in [0.1, 0.15) is 6.54 Å². The summed E-state index contributed by atoms with van der Waals surface area (Å²) < 4.78 is 0.715. The third-order valence-electron chi connectivity index (χ3n) is 6.11. The van der Waals surface area contributed by atoms with E-state index < -0.39 is 0 Å². The van der Waals surface area contributed by atoms with Crippen LogP contribution in [-0.2, 0) is 0 Å². The molecule has 0 fully saturated rings. The third kappa shape index (κ3) is 8.35. The van der Waals surface area contributed by atoms with Gasteiger partial charge in [0, 0.05) is 13.3 Å². The van der Waals surface area contributed by atoms with Crippen molar-refractivity contribution in [1.82, 2.24) is 0 Å². The number of hydrogen-bond donors (Lipinski definition) is 1. The van der Waals surface area contributed by atoms with Crippen molar-refractivity contribution in [2.24, 2.45) is 4.99 Å². The van der Waals surface area contributed by atoms with E-state index in [9.17, 15) is 5.11 Å². The fourth-order valence-electron chi connectivity index (χ4n) is 4.14. The lowest BCUT2D eigenvalue weighted by Crippen LogP contribution is -2.57. The predicted octanol–water partition coefficient (Wildman–Crippen LogP) is 6.22. The summed E-state index contributed by atoms with van der Waals surface area (Å²) in [6.07, 6.45) is 24.0. The van der Waals surface area contributed by atoms with Crippen LogP contribution in [0.5, 0.6) is 0 Å². The predicted molar refractivity (Wildman–Crippen MR) is 114 cm³/mol. The Kier molecular flexibility index (Phi) is 12.9. The zero-order valence-corrected chi connectivity index (χ0v) is 17.8. The number of allylic oxidation sites excluding steroid dienone is 2. The number of rotatable bonds is 16. The van der Waals surface area contributed by atoms with E-state index in [-0.39, 0.29) is 12.4 Å². The van der Waals surface area contributed by atoms with E-state index in [1.165, 1.54) is 70.6 Å². The van der Waals surface area contributed by atoms with Gasteiger partial charge in [-0.2, -0.15) is 0 Å². The van der Waals surface area contributed by atoms with Crippen LogP contribution in [0.3, 0.4) is 0 Å². The van der Waals surface area contributed by atoms with Gasteiger partial charge in [-0.25, -0.2) is 4.99 Å². The van der Waals surface area contributed by atoms with Gasteiger partial charge in [-0.3, -0.25) is 4.48 Å². The summed E-state index contributed by atoms with van der Waals surface area (Å²) >= 11 is 0. The Morgan fingerprint density at radius 3 is 2.12 bits per heavy atom. The largest absolute Gasteiger partial charge is 0.345 e. The van der Waals surface area contributed by atoms with E-state index >= 15 is 0 Å². The standard InChI is InChI=1S/C23H45N2O/c1-4-6-7-8-9-10-11-12-13-14-15-16-17-18-19-23-24-20-21-25(23,5-2)22(3)26/h16-17,20,22-23,26H,4-15,18-19,21H2,1-3H3/q+1/b17-16+. The Balaban J connectivity index is 1.99. The molecule has 3 heteroatoms. The quantitative estimate of drug-likeness (QED) is 0.196. The van der Waals surface area contributed by atoms with Crippen molar-refractivity contribution in [3.05, 3.63) is 12.2 Å². The lowest BCUT2D eigenvalue weighted by molar-refractivity contribution is -0.976. The number of nitrogens with zero attached hydrogens (tertiary/aromatic N) is 2. The van der Waals surface area contributed by atoms with Crippen LogP contribution in [0.25, 0.3) is 0 Å². The molecule has 3 nitrogen and oxygen atoms in total. The van der Waals surface area contributed by atoms with E-state index in [0.29, 0.717) is 4.48 Å². The van der Waals surface area contributed by atoms with Gasteiger partial charge < -0.3 is 5.11 Å². The summed E-state index contributed by atoms with van der Waals surface area (Å²) in [6.45, 7) is 8.18. The molecule has 1 N–H and O–H groups in total. The molecule has 26 heavy (non-hydrogen) atoms. The zero-order chi connectivity index (χ0) is 19.1. The first-order valence-corrected chi connectivity index (χ1v) is 11.4. The first-order chi connectivity index (χ1) is 12.7. The summed E-state index contributed by atoms with van der Waals surface area (Å²) in [6, 6.07) is 0. The summed E-state index contributed by atoms with van der Waals surface area (Å²) in [5.74, 6) is 0. The lowest BCUT2D eigenvalue weighted by atomic mass is 10.1. The SMILES string of the molecule is CCCCCCCCCCCC/C=C/CCC1N=CC[N+]1(CC)C(C)O. The van der Waals surface area contributed by atoms with Crippen molar-refractivity contribution in [3.8, 4) is 0 Å². The highest BCUT2D eigenvalue weighted by Crippen LogP contribution is 2.26. The number of aliphatic hydroxyl groups is 1. The van der Waals surface area contributed by atoms with Crippen LogP contribution in [0, 0.1) is 0 Å². The van der Waals surface area contributed by atoms with E-state index in [1.807, 2.05) is 13.1 Å². The van der Waals surface area contributed by atoms with Gasteiger partial charge in [-0.15, -0.1) is 0 Å². The molecule has 0 amide bonds. The molecule has 0 saturated heterocycles. The van der Waals surface area contributed by atoms with Crippen LogP contribution < -0.4 is 0 Å². The highest BCUT2D eigenvalue weighted by molar-refractivity contribution is 5.60. The summed E-state index contributed by atoms with van der Waals surface area (Å²) in [5, 5.41) is 10.2. The third-order valence-corrected chi connectivity index (χ3v) is 6.11. The molecule has 0 aliphatic carbocycles. The Morgan fingerprint density at radius 1 is 0.962 bits per heavy atom. The van der Waals surface area contributed by atoms with Crippen molar-refractivity contribution in [1.29, 1.82) is 0 Å². The molecule has 152 valence electrons. The first kappa shape index (κ1) is 23.4. The molecule has 0 aromatic rings. The van der Waals surface area contributed by atoms with Crippen molar-refractivity contribution in [3.63, 3.8) is 0 Å². The Hall–Kier alpha value is -0.670. The van der Waals surface area contributed by atoms with E-state index in [1.54, 1.807) is 0 Å². The van der Waals surface area contributed by atoms with Gasteiger partial charge in [0.05, 0.1) is 12.8 Å². The zero-order valence-electron chi connectivity index (χ0n) is 17.8. The number of aliphatic imine (C=N–C) groups is 1. The number of quaternary nitrogens is 1. The van der Waals surface area contributed by atoms with Gasteiger partial charge in [0.2, 0.25) is 0 Å². The Morgan fingerprint density at radius 2 is 1.54 bits per heavy atom. The maximum atomic E-state index is 10.2. The number of unbranched alkanes of at least 4 members (excludes halogenated alkanes) is 10. The van der Waals surface area contributed by atoms with Crippen LogP contribution >= 0.6 is 0 Å². The smallest absolute Gasteiger partial charge is 0.189 e. The van der Waals surface area contributed by atoms with Crippen LogP contribution in [0.1, 0.15) is 104 Å². The van der Waals surface area contributed by atoms with Gasteiger partial charge >= 0.3 is 0 Å². The summed E-state index contributed by atoms with van der Waals surface area (Å²) in [4.78, 5) is 4.63. The van der Waals surface area contributed by atoms with E-state index in [4.69, 9.17) is 0 Å². The highest BCUT2D eigenvalue weighted by atomic mass is 16.3. The van der Waals surface area contributed by atoms with Crippen molar-refractivity contribution in [2.75, 3.05) is 13.1 Å². The normalized spacial score (nSPS) is 23.9. The second kappa shape index (κ2) is 14.4. The van der Waals surface area contributed by atoms with Crippen LogP contribution in [0.2, 0.25) is 0 Å². The number of hydrogen-bond acceptors (Lipinski definition) is 2. The summed E-state index contributed by atoms with van der Waals surface area (Å²) in [7, 11) is 0. The fourth-order valence-corrected chi connectivity index (χ4v) is 4.14. The molecular weight excluding hydrogens is 320 g/mol. The molecule has 0 saturated carbocycles. The minimum atomic E-state index is -0.330. The molecular formula is C23H45N2O+. The van der Waals surface area contributed by atoms with E-state index in [0.717, 1.165) is 25.9 Å². The van der Waals surface area contributed by atoms with Crippen molar-refractivity contribution in [2.45, 2.75) is 117 Å². The second-order valence-electron chi connectivity index (χ2n) is 8.07. The molecule has 0 aromatic heterocycles. The first-order valence-electron chi connectivity index (χ1n) is 11.4. The fraction of sp³-hybridized carbons (Fsp3) is 0.870. The second-order valence-corrected chi connectivity index (χ2v) is 8.07. The minimum Gasteiger partial charge on any atom is -0.345 e. The molecule has 1 rings (SSSR count). The van der Waals surface area contributed by atoms with E-state index in [2.05, 4.69) is 31.0 Å². The maximum absolute atomic E-state index is 10.2. The molecule has 3 atom stereocenters. The highest BCUT2D eigenvalue weighted by Gasteiger charge is 2.41. The molecule has 0 bridgehead atoms. The molecule has 0 radical (unpaired) electrons. The Bertz CT molecular complexity index is 392. The Labute approximate surface area is 163 Å². The molecule has 3 unspecified atom stereocenters. The number of aliphatic hydroxyl groups excluding tert-OH is 1. The van der Waals surface area contributed by atoms with Crippen molar-refractivity contribution < 1.29 is 9.59 Å². The topological polar surface area (TPSA) is 32.6 Å². The molecule has 0 aromatic carbocycles. The van der Waals surface area contributed by atoms with Gasteiger partial charge in [0.15, 0.2) is 12.4 Å². The van der Waals surface area contributed by atoms with Gasteiger partial charge in [-0.05, 0) is 26.2 Å².